The topological polar surface area (TPSA) is 81.7 Å². The smallest absolute Gasteiger partial charge is 0.320 e. The lowest BCUT2D eigenvalue weighted by Crippen LogP contribution is -2.31. The third-order valence-corrected chi connectivity index (χ3v) is 3.65. The number of hydrogen-bond donors (Lipinski definition) is 1. The molecule has 2 atom stereocenters. The Bertz CT molecular complexity index is 581. The minimum absolute atomic E-state index is 0.157. The van der Waals surface area contributed by atoms with Gasteiger partial charge in [-0.1, -0.05) is 43.3 Å². The molecule has 0 aliphatic rings. The van der Waals surface area contributed by atoms with Crippen molar-refractivity contribution in [3.63, 3.8) is 0 Å². The molecule has 1 N–H and O–H groups in total. The molecule has 0 aliphatic carbocycles. The van der Waals surface area contributed by atoms with E-state index < -0.39 is 23.8 Å². The monoisotopic (exact) mass is 333 g/mol. The lowest BCUT2D eigenvalue weighted by molar-refractivity contribution is -0.160. The number of rotatable bonds is 7. The number of nitrogens with one attached hydrogen (secondary N) is 1. The first kappa shape index (κ1) is 19.4. The van der Waals surface area contributed by atoms with Crippen molar-refractivity contribution in [1.82, 2.24) is 5.32 Å². The van der Waals surface area contributed by atoms with Crippen LogP contribution >= 0.6 is 0 Å². The zero-order chi connectivity index (χ0) is 18.1. The van der Waals surface area contributed by atoms with Gasteiger partial charge in [0.15, 0.2) is 5.92 Å². The predicted molar refractivity (Wildman–Crippen MR) is 88.8 cm³/mol. The van der Waals surface area contributed by atoms with E-state index >= 15 is 0 Å². The van der Waals surface area contributed by atoms with Crippen LogP contribution in [0.5, 0.6) is 0 Å². The minimum atomic E-state index is -1.10. The van der Waals surface area contributed by atoms with Crippen molar-refractivity contribution in [3.8, 4) is 0 Å². The standard InChI is InChI=1S/C18H23NO5/c1-12(16(17(21)23-3)18(22)24-4)10-11-15(20)19-13(2)14-8-6-5-7-9-14/h5-13,16H,1-4H3,(H,19,20)/b11-10+/t12-,13-/m0/s1. The van der Waals surface area contributed by atoms with E-state index in [1.807, 2.05) is 37.3 Å². The average molecular weight is 333 g/mol. The number of carbonyl (C=O) groups excluding carboxylic acids is 3. The van der Waals surface area contributed by atoms with Gasteiger partial charge in [0.2, 0.25) is 5.91 Å². The van der Waals surface area contributed by atoms with Gasteiger partial charge in [0.05, 0.1) is 20.3 Å². The van der Waals surface area contributed by atoms with Gasteiger partial charge in [0.25, 0.3) is 0 Å². The van der Waals surface area contributed by atoms with Crippen LogP contribution < -0.4 is 5.32 Å². The quantitative estimate of drug-likeness (QED) is 0.469. The van der Waals surface area contributed by atoms with Gasteiger partial charge >= 0.3 is 11.9 Å². The van der Waals surface area contributed by atoms with Gasteiger partial charge in [-0.05, 0) is 24.5 Å². The van der Waals surface area contributed by atoms with Crippen molar-refractivity contribution < 1.29 is 23.9 Å². The second kappa shape index (κ2) is 9.50. The number of methoxy groups -OCH3 is 2. The van der Waals surface area contributed by atoms with E-state index in [0.29, 0.717) is 0 Å². The van der Waals surface area contributed by atoms with Crippen LogP contribution in [0.25, 0.3) is 0 Å². The lowest BCUT2D eigenvalue weighted by Gasteiger charge is -2.17. The van der Waals surface area contributed by atoms with E-state index in [-0.39, 0.29) is 11.9 Å². The second-order valence-corrected chi connectivity index (χ2v) is 5.38. The number of hydrogen-bond acceptors (Lipinski definition) is 5. The Morgan fingerprint density at radius 2 is 1.54 bits per heavy atom. The van der Waals surface area contributed by atoms with E-state index in [1.165, 1.54) is 26.4 Å². The number of benzene rings is 1. The molecule has 6 nitrogen and oxygen atoms in total. The summed E-state index contributed by atoms with van der Waals surface area (Å²) in [4.78, 5) is 35.4. The maximum Gasteiger partial charge on any atom is 0.320 e. The molecule has 0 radical (unpaired) electrons. The Labute approximate surface area is 141 Å². The van der Waals surface area contributed by atoms with Gasteiger partial charge in [-0.3, -0.25) is 14.4 Å². The number of carbonyl (C=O) groups is 3. The molecule has 0 heterocycles. The highest BCUT2D eigenvalue weighted by Gasteiger charge is 2.33. The molecule has 24 heavy (non-hydrogen) atoms. The summed E-state index contributed by atoms with van der Waals surface area (Å²) in [5.41, 5.74) is 0.981. The van der Waals surface area contributed by atoms with Crippen LogP contribution in [0.1, 0.15) is 25.5 Å². The maximum atomic E-state index is 12.0. The molecule has 130 valence electrons. The lowest BCUT2D eigenvalue weighted by atomic mass is 9.93. The molecule has 0 spiro atoms. The van der Waals surface area contributed by atoms with Gasteiger partial charge in [-0.2, -0.15) is 0 Å². The third-order valence-electron chi connectivity index (χ3n) is 3.65. The Kier molecular flexibility index (Phi) is 7.68. The van der Waals surface area contributed by atoms with Gasteiger partial charge < -0.3 is 14.8 Å². The first-order chi connectivity index (χ1) is 11.4. The summed E-state index contributed by atoms with van der Waals surface area (Å²) < 4.78 is 9.22. The molecule has 0 fully saturated rings. The van der Waals surface area contributed by atoms with Crippen molar-refractivity contribution in [2.75, 3.05) is 14.2 Å². The van der Waals surface area contributed by atoms with E-state index in [1.54, 1.807) is 6.92 Å². The zero-order valence-electron chi connectivity index (χ0n) is 14.3. The highest BCUT2D eigenvalue weighted by Crippen LogP contribution is 2.17. The van der Waals surface area contributed by atoms with Crippen LogP contribution in [0.15, 0.2) is 42.5 Å². The SMILES string of the molecule is COC(=O)C(C(=O)OC)[C@@H](C)/C=C/C(=O)N[C@@H](C)c1ccccc1. The molecule has 0 saturated carbocycles. The fourth-order valence-electron chi connectivity index (χ4n) is 2.22. The Morgan fingerprint density at radius 1 is 1.00 bits per heavy atom. The molecule has 1 amide bonds. The molecular weight excluding hydrogens is 310 g/mol. The van der Waals surface area contributed by atoms with Crippen molar-refractivity contribution in [3.05, 3.63) is 48.0 Å². The fourth-order valence-corrected chi connectivity index (χ4v) is 2.22. The summed E-state index contributed by atoms with van der Waals surface area (Å²) in [6.45, 7) is 3.51. The maximum absolute atomic E-state index is 12.0. The zero-order valence-corrected chi connectivity index (χ0v) is 14.3. The molecular formula is C18H23NO5. The first-order valence-electron chi connectivity index (χ1n) is 7.60. The van der Waals surface area contributed by atoms with Crippen molar-refractivity contribution in [2.45, 2.75) is 19.9 Å². The Balaban J connectivity index is 2.70. The Morgan fingerprint density at radius 3 is 2.04 bits per heavy atom. The molecule has 0 bridgehead atoms. The molecule has 1 aromatic carbocycles. The van der Waals surface area contributed by atoms with Gasteiger partial charge in [-0.15, -0.1) is 0 Å². The van der Waals surface area contributed by atoms with E-state index in [2.05, 4.69) is 14.8 Å². The summed E-state index contributed by atoms with van der Waals surface area (Å²) in [6.07, 6.45) is 2.80. The van der Waals surface area contributed by atoms with Crippen LogP contribution in [-0.4, -0.2) is 32.1 Å². The second-order valence-electron chi connectivity index (χ2n) is 5.38. The molecule has 0 saturated heterocycles. The van der Waals surface area contributed by atoms with Gasteiger partial charge in [-0.25, -0.2) is 0 Å². The molecule has 6 heteroatoms. The molecule has 1 rings (SSSR count). The number of allylic oxidation sites excluding steroid dienone is 1. The van der Waals surface area contributed by atoms with Crippen LogP contribution in [0.4, 0.5) is 0 Å². The molecule has 0 aliphatic heterocycles. The van der Waals surface area contributed by atoms with E-state index in [9.17, 15) is 14.4 Å². The van der Waals surface area contributed by atoms with E-state index in [0.717, 1.165) is 5.56 Å². The number of ether oxygens (including phenoxy) is 2. The summed E-state index contributed by atoms with van der Waals surface area (Å²) >= 11 is 0. The van der Waals surface area contributed by atoms with E-state index in [4.69, 9.17) is 0 Å². The molecule has 1 aromatic rings. The van der Waals surface area contributed by atoms with Crippen LogP contribution in [0.2, 0.25) is 0 Å². The van der Waals surface area contributed by atoms with Crippen molar-refractivity contribution in [1.29, 1.82) is 0 Å². The molecule has 0 aromatic heterocycles. The number of esters is 2. The first-order valence-corrected chi connectivity index (χ1v) is 7.60. The fraction of sp³-hybridized carbons (Fsp3) is 0.389. The predicted octanol–water partition coefficient (Wildman–Crippen LogP) is 2.02. The van der Waals surface area contributed by atoms with Crippen LogP contribution in [0.3, 0.4) is 0 Å². The van der Waals surface area contributed by atoms with Crippen LogP contribution in [0, 0.1) is 11.8 Å². The number of amides is 1. The van der Waals surface area contributed by atoms with Gasteiger partial charge in [0, 0.05) is 0 Å². The summed E-state index contributed by atoms with van der Waals surface area (Å²) in [5, 5.41) is 2.82. The average Bonchev–Trinajstić information content (AvgIpc) is 2.60. The largest absolute Gasteiger partial charge is 0.468 e. The minimum Gasteiger partial charge on any atom is -0.468 e. The summed E-state index contributed by atoms with van der Waals surface area (Å²) in [6, 6.07) is 9.37. The van der Waals surface area contributed by atoms with Crippen LogP contribution in [-0.2, 0) is 23.9 Å². The highest BCUT2D eigenvalue weighted by molar-refractivity contribution is 5.95. The third kappa shape index (κ3) is 5.53. The normalized spacial score (nSPS) is 13.4. The van der Waals surface area contributed by atoms with Crippen molar-refractivity contribution in [2.24, 2.45) is 11.8 Å². The molecule has 0 unspecified atom stereocenters. The van der Waals surface area contributed by atoms with Crippen molar-refractivity contribution >= 4 is 17.8 Å². The summed E-state index contributed by atoms with van der Waals surface area (Å²) in [7, 11) is 2.39. The summed E-state index contributed by atoms with van der Waals surface area (Å²) in [5.74, 6) is -3.35. The Hall–Kier alpha value is -2.63. The van der Waals surface area contributed by atoms with Gasteiger partial charge in [0.1, 0.15) is 0 Å². The highest BCUT2D eigenvalue weighted by atomic mass is 16.5.